The van der Waals surface area contributed by atoms with Crippen LogP contribution in [0.15, 0.2) is 273 Å². The van der Waals surface area contributed by atoms with Crippen LogP contribution in [0.25, 0.3) is 45.0 Å². The molecule has 0 radical (unpaired) electrons. The van der Waals surface area contributed by atoms with Gasteiger partial charge in [0.05, 0.1) is 72.9 Å². The number of aliphatic hydroxyl groups is 1. The maximum atomic E-state index is 12.3. The van der Waals surface area contributed by atoms with Crippen LogP contribution in [0.2, 0.25) is 0 Å². The summed E-state index contributed by atoms with van der Waals surface area (Å²) in [5.41, 5.74) is 26.7. The van der Waals surface area contributed by atoms with Gasteiger partial charge in [-0.05, 0) is 149 Å². The van der Waals surface area contributed by atoms with E-state index >= 15 is 0 Å². The minimum atomic E-state index is -0.553. The molecule has 12 rings (SSSR count). The molecule has 0 fully saturated rings. The lowest BCUT2D eigenvalue weighted by atomic mass is 10.1. The van der Waals surface area contributed by atoms with E-state index in [0.29, 0.717) is 85.3 Å². The predicted octanol–water partition coefficient (Wildman–Crippen LogP) is 10.5. The number of carbonyl (C=O) groups excluding carboxylic acids is 4. The normalized spacial score (nSPS) is 10.2. The molecule has 28 nitrogen and oxygen atoms in total. The van der Waals surface area contributed by atoms with Gasteiger partial charge in [-0.3, -0.25) is 64.3 Å². The summed E-state index contributed by atoms with van der Waals surface area (Å²) in [6, 6.07) is 46.3. The Kier molecular flexibility index (Phi) is 38.3. The quantitative estimate of drug-likeness (QED) is 0.00930. The van der Waals surface area contributed by atoms with Crippen LogP contribution in [-0.2, 0) is 57.6 Å². The second kappa shape index (κ2) is 48.9. The van der Waals surface area contributed by atoms with Crippen molar-refractivity contribution in [1.29, 1.82) is 0 Å². The number of hydrogen-bond acceptors (Lipinski definition) is 24. The molecule has 0 aliphatic rings. The largest absolute Gasteiger partial charge is 0.515 e. The molecule has 548 valence electrons. The first-order chi connectivity index (χ1) is 51.7. The number of aromatic nitrogens is 13. The molecule has 11 aromatic heterocycles. The third kappa shape index (κ3) is 29.8. The van der Waals surface area contributed by atoms with Crippen LogP contribution in [0.4, 0.5) is 5.69 Å². The Balaban J connectivity index is 0.000000224. The van der Waals surface area contributed by atoms with Crippen LogP contribution in [0.1, 0.15) is 66.9 Å². The fourth-order valence-corrected chi connectivity index (χ4v) is 8.53. The number of esters is 3. The number of nitrogens with two attached hydrogens (primary N) is 2. The highest BCUT2D eigenvalue weighted by molar-refractivity contribution is 6.16. The zero-order valence-electron chi connectivity index (χ0n) is 59.5. The lowest BCUT2D eigenvalue weighted by molar-refractivity contribution is -0.142. The number of aromatic amines is 2. The number of carbonyl (C=O) groups is 4. The number of rotatable bonds is 20. The zero-order chi connectivity index (χ0) is 76.4. The van der Waals surface area contributed by atoms with E-state index in [9.17, 15) is 28.8 Å². The first-order valence-electron chi connectivity index (χ1n) is 33.1. The minimum Gasteiger partial charge on any atom is -0.515 e. The van der Waals surface area contributed by atoms with Gasteiger partial charge in [0.15, 0.2) is 11.6 Å². The Bertz CT molecular complexity index is 4580. The number of nitrogens with one attached hydrogen (secondary N) is 4. The second-order valence-electron chi connectivity index (χ2n) is 21.1. The Morgan fingerprint density at radius 2 is 0.991 bits per heavy atom. The van der Waals surface area contributed by atoms with Crippen molar-refractivity contribution in [2.75, 3.05) is 31.9 Å². The summed E-state index contributed by atoms with van der Waals surface area (Å²) < 4.78 is 21.6. The fourth-order valence-electron chi connectivity index (χ4n) is 8.53. The minimum absolute atomic E-state index is 0.111. The van der Waals surface area contributed by atoms with Gasteiger partial charge >= 0.3 is 17.9 Å². The average molecular weight is 1440 g/mol. The van der Waals surface area contributed by atoms with Crippen molar-refractivity contribution >= 4 is 41.2 Å². The molecule has 0 unspecified atom stereocenters. The molecule has 28 heteroatoms. The highest BCUT2D eigenvalue weighted by Crippen LogP contribution is 2.18. The number of benzene rings is 1. The van der Waals surface area contributed by atoms with E-state index in [-0.39, 0.29) is 29.3 Å². The van der Waals surface area contributed by atoms with Crippen LogP contribution < -0.4 is 33.4 Å². The first kappa shape index (κ1) is 82.9. The molecule has 0 aliphatic carbocycles. The molecular formula is C78H85N17O11. The monoisotopic (exact) mass is 1440 g/mol. The molecule has 0 spiro atoms. The van der Waals surface area contributed by atoms with Crippen LogP contribution >= 0.6 is 0 Å². The highest BCUT2D eigenvalue weighted by Gasteiger charge is 2.16. The third-order valence-electron chi connectivity index (χ3n) is 13.5. The van der Waals surface area contributed by atoms with E-state index in [0.717, 1.165) is 45.6 Å². The van der Waals surface area contributed by atoms with Gasteiger partial charge in [-0.25, -0.2) is 28.9 Å². The Morgan fingerprint density at radius 3 is 1.42 bits per heavy atom. The number of para-hydroxylation sites is 1. The number of H-pyrrole nitrogens is 2. The van der Waals surface area contributed by atoms with Gasteiger partial charge in [0.2, 0.25) is 0 Å². The summed E-state index contributed by atoms with van der Waals surface area (Å²) in [5.74, 6) is -0.000794. The SMILES string of the molecule is CCOC(=O)C(=CNNc1ccccc1)c1cccnc1.CCOC(=O)C(=CO)c1cccnc1.CCOC(=O)Cc1cccnc1.CCOC=O.Cc1ccnc(-n2[nH]cc(-c3cccnc3)c2=O)c1.Cc1ccnc(CN)c1.NCc1ccccn1.O=c1c(-c2cccnc2)c[nH]n1-c1ccccn1. The molecule has 11 heterocycles. The summed E-state index contributed by atoms with van der Waals surface area (Å²) in [6.45, 7) is 14.0. The second-order valence-corrected chi connectivity index (χ2v) is 21.1. The fraction of sp³-hybridized carbons (Fsp3) is 0.167. The highest BCUT2D eigenvalue weighted by atomic mass is 16.5. The number of pyridine rings is 9. The smallest absolute Gasteiger partial charge is 0.341 e. The van der Waals surface area contributed by atoms with Gasteiger partial charge in [-0.15, -0.1) is 0 Å². The molecular weight excluding hydrogens is 1350 g/mol. The van der Waals surface area contributed by atoms with Gasteiger partial charge in [0.1, 0.15) is 5.57 Å². The van der Waals surface area contributed by atoms with Crippen LogP contribution in [0, 0.1) is 13.8 Å². The molecule has 0 amide bonds. The van der Waals surface area contributed by atoms with Gasteiger partial charge in [0, 0.05) is 141 Å². The number of ether oxygens (including phenoxy) is 4. The van der Waals surface area contributed by atoms with Gasteiger partial charge in [0.25, 0.3) is 17.6 Å². The molecule has 9 N–H and O–H groups in total. The van der Waals surface area contributed by atoms with Crippen molar-refractivity contribution in [2.24, 2.45) is 11.5 Å². The maximum Gasteiger partial charge on any atom is 0.341 e. The molecule has 12 aromatic rings. The van der Waals surface area contributed by atoms with Crippen molar-refractivity contribution in [2.45, 2.75) is 61.1 Å². The lowest BCUT2D eigenvalue weighted by Gasteiger charge is -2.09. The summed E-state index contributed by atoms with van der Waals surface area (Å²) in [7, 11) is 0. The number of aryl methyl sites for hydroxylation is 2. The van der Waals surface area contributed by atoms with Gasteiger partial charge in [-0.1, -0.05) is 60.7 Å². The number of hydrogen-bond donors (Lipinski definition) is 7. The van der Waals surface area contributed by atoms with Crippen LogP contribution in [0.5, 0.6) is 0 Å². The van der Waals surface area contributed by atoms with E-state index in [2.05, 4.69) is 70.6 Å². The maximum absolute atomic E-state index is 12.3. The van der Waals surface area contributed by atoms with Crippen molar-refractivity contribution in [3.05, 3.63) is 323 Å². The van der Waals surface area contributed by atoms with Crippen molar-refractivity contribution < 1.29 is 43.2 Å². The van der Waals surface area contributed by atoms with Crippen molar-refractivity contribution in [1.82, 2.24) is 69.8 Å². The topological polar surface area (TPSA) is 393 Å². The van der Waals surface area contributed by atoms with E-state index in [1.54, 1.807) is 181 Å². The van der Waals surface area contributed by atoms with E-state index < -0.39 is 11.9 Å². The first-order valence-corrected chi connectivity index (χ1v) is 33.1. The molecule has 0 bridgehead atoms. The van der Waals surface area contributed by atoms with E-state index in [4.69, 9.17) is 30.8 Å². The predicted molar refractivity (Wildman–Crippen MR) is 404 cm³/mol. The zero-order valence-corrected chi connectivity index (χ0v) is 59.5. The number of aliphatic hydroxyl groups excluding tert-OH is 1. The summed E-state index contributed by atoms with van der Waals surface area (Å²) in [5, 5.41) is 14.7. The van der Waals surface area contributed by atoms with Crippen LogP contribution in [-0.4, -0.2) is 120 Å². The molecule has 0 atom stereocenters. The summed E-state index contributed by atoms with van der Waals surface area (Å²) in [4.78, 5) is 104. The number of anilines is 1. The van der Waals surface area contributed by atoms with Crippen molar-refractivity contribution in [3.63, 3.8) is 0 Å². The number of nitrogens with zero attached hydrogens (tertiary/aromatic N) is 11. The lowest BCUT2D eigenvalue weighted by Crippen LogP contribution is -2.17. The molecule has 106 heavy (non-hydrogen) atoms. The van der Waals surface area contributed by atoms with E-state index in [1.165, 1.54) is 21.1 Å². The summed E-state index contributed by atoms with van der Waals surface area (Å²) in [6.07, 6.45) is 29.1. The van der Waals surface area contributed by atoms with Crippen molar-refractivity contribution in [3.8, 4) is 33.9 Å². The Hall–Kier alpha value is -13.7. The average Bonchev–Trinajstić information content (AvgIpc) is 1.66. The molecule has 0 saturated heterocycles. The third-order valence-corrected chi connectivity index (χ3v) is 13.5. The Morgan fingerprint density at radius 1 is 0.500 bits per heavy atom. The molecule has 1 aromatic carbocycles. The standard InChI is InChI=1S/C16H17N3O2.C14H12N4O.C13H10N4O.C10H11NO3.C9H11NO2.C7H10N2.C6H8N2.C3H6O2/c1-2-21-16(20)15(13-7-6-10-17-11-13)12-18-19-14-8-4-3-5-9-14;1-10-4-6-16-13(7-10)18-14(19)12(9-17-18)11-3-2-5-15-8-11;18-13-11(10-4-3-6-14-8-10)9-16-17(13)12-5-1-2-7-15-12;1-2-14-10(13)9(7-12)8-4-3-5-11-6-8;1-2-12-9(11)6-8-4-3-5-10-7-8;1-6-2-3-9-7(4-6)5-8;7-5-6-3-1-2-4-8-6;1-2-5-3-4/h3-12,18-19H,2H2,1H3;2-9,17H,1H3;1-9,16H;3-7,12H,2H2,1H3;3-5,7H,2,6H2,1H3;2-4H,5,8H2,1H3;1-4H,5,7H2;3H,2H2,1H3. The molecule has 0 aliphatic heterocycles. The van der Waals surface area contributed by atoms with Gasteiger partial charge in [-0.2, -0.15) is 0 Å². The Labute approximate surface area is 613 Å². The molecule has 0 saturated carbocycles. The van der Waals surface area contributed by atoms with Gasteiger partial charge < -0.3 is 46.4 Å². The number of hydrazine groups is 1. The van der Waals surface area contributed by atoms with Crippen LogP contribution in [0.3, 0.4) is 0 Å². The van der Waals surface area contributed by atoms with E-state index in [1.807, 2.05) is 111 Å². The summed E-state index contributed by atoms with van der Waals surface area (Å²) >= 11 is 0.